The van der Waals surface area contributed by atoms with Crippen molar-refractivity contribution >= 4 is 23.0 Å². The van der Waals surface area contributed by atoms with Crippen molar-refractivity contribution in [2.24, 2.45) is 0 Å². The molecular formula is C14H15NO2S. The molecule has 1 N–H and O–H groups in total. The molecule has 1 aromatic carbocycles. The van der Waals surface area contributed by atoms with E-state index < -0.39 is 5.97 Å². The molecule has 0 saturated carbocycles. The van der Waals surface area contributed by atoms with Crippen LogP contribution in [0.25, 0.3) is 0 Å². The molecule has 3 nitrogen and oxygen atoms in total. The quantitative estimate of drug-likeness (QED) is 0.917. The van der Waals surface area contributed by atoms with Crippen molar-refractivity contribution in [2.75, 3.05) is 11.9 Å². The van der Waals surface area contributed by atoms with Crippen LogP contribution >= 0.6 is 11.3 Å². The summed E-state index contributed by atoms with van der Waals surface area (Å²) < 4.78 is 0. The van der Waals surface area contributed by atoms with Gasteiger partial charge in [0, 0.05) is 17.6 Å². The molecule has 18 heavy (non-hydrogen) atoms. The van der Waals surface area contributed by atoms with E-state index in [0.29, 0.717) is 5.56 Å². The van der Waals surface area contributed by atoms with Gasteiger partial charge < -0.3 is 10.0 Å². The minimum Gasteiger partial charge on any atom is -0.478 e. The number of anilines is 1. The van der Waals surface area contributed by atoms with Crippen LogP contribution in [0.5, 0.6) is 0 Å². The maximum absolute atomic E-state index is 10.9. The number of hydrogen-bond acceptors (Lipinski definition) is 3. The molecule has 0 saturated heterocycles. The average molecular weight is 261 g/mol. The van der Waals surface area contributed by atoms with Gasteiger partial charge in [0.25, 0.3) is 0 Å². The summed E-state index contributed by atoms with van der Waals surface area (Å²) in [4.78, 5) is 14.3. The number of carbonyl (C=O) groups is 1. The molecule has 0 unspecified atom stereocenters. The second-order valence-corrected chi connectivity index (χ2v) is 5.27. The molecular weight excluding hydrogens is 246 g/mol. The predicted molar refractivity (Wildman–Crippen MR) is 74.6 cm³/mol. The molecule has 0 amide bonds. The van der Waals surface area contributed by atoms with Crippen molar-refractivity contribution in [3.05, 3.63) is 51.7 Å². The number of aryl methyl sites for hydroxylation is 1. The summed E-state index contributed by atoms with van der Waals surface area (Å²) in [6.45, 7) is 2.78. The lowest BCUT2D eigenvalue weighted by molar-refractivity contribution is 0.0697. The summed E-state index contributed by atoms with van der Waals surface area (Å²) in [6.07, 6.45) is 0. The summed E-state index contributed by atoms with van der Waals surface area (Å²) in [5, 5.41) is 11.0. The first-order valence-corrected chi connectivity index (χ1v) is 6.53. The van der Waals surface area contributed by atoms with Crippen LogP contribution in [0, 0.1) is 6.92 Å². The number of carboxylic acid groups (broad SMARTS) is 1. The topological polar surface area (TPSA) is 40.5 Å². The highest BCUT2D eigenvalue weighted by molar-refractivity contribution is 7.09. The van der Waals surface area contributed by atoms with E-state index in [1.54, 1.807) is 23.5 Å². The van der Waals surface area contributed by atoms with Crippen molar-refractivity contribution in [1.29, 1.82) is 0 Å². The highest BCUT2D eigenvalue weighted by atomic mass is 32.1. The zero-order chi connectivity index (χ0) is 13.1. The van der Waals surface area contributed by atoms with Gasteiger partial charge in [0.05, 0.1) is 12.1 Å². The van der Waals surface area contributed by atoms with Crippen molar-refractivity contribution in [1.82, 2.24) is 0 Å². The first kappa shape index (κ1) is 12.6. The van der Waals surface area contributed by atoms with Crippen LogP contribution in [0.4, 0.5) is 5.69 Å². The lowest BCUT2D eigenvalue weighted by Gasteiger charge is -2.21. The van der Waals surface area contributed by atoms with Gasteiger partial charge in [0.15, 0.2) is 0 Å². The van der Waals surface area contributed by atoms with Gasteiger partial charge in [0.1, 0.15) is 0 Å². The monoisotopic (exact) mass is 261 g/mol. The number of carboxylic acids is 1. The van der Waals surface area contributed by atoms with Crippen molar-refractivity contribution in [2.45, 2.75) is 13.5 Å². The lowest BCUT2D eigenvalue weighted by atomic mass is 10.1. The van der Waals surface area contributed by atoms with E-state index in [0.717, 1.165) is 17.8 Å². The third-order valence-corrected chi connectivity index (χ3v) is 3.69. The SMILES string of the molecule is Cc1cc(C(=O)O)ccc1N(C)Cc1cccs1. The Morgan fingerprint density at radius 1 is 1.39 bits per heavy atom. The lowest BCUT2D eigenvalue weighted by Crippen LogP contribution is -2.17. The Bertz CT molecular complexity index is 549. The molecule has 2 rings (SSSR count). The smallest absolute Gasteiger partial charge is 0.335 e. The fourth-order valence-electron chi connectivity index (χ4n) is 1.94. The molecule has 1 heterocycles. The predicted octanol–water partition coefficient (Wildman–Crippen LogP) is 3.39. The van der Waals surface area contributed by atoms with E-state index in [9.17, 15) is 4.79 Å². The molecule has 0 aliphatic carbocycles. The van der Waals surface area contributed by atoms with Gasteiger partial charge in [-0.1, -0.05) is 6.07 Å². The number of thiophene rings is 1. The molecule has 0 fully saturated rings. The molecule has 0 atom stereocenters. The van der Waals surface area contributed by atoms with E-state index in [1.165, 1.54) is 4.88 Å². The fraction of sp³-hybridized carbons (Fsp3) is 0.214. The molecule has 0 radical (unpaired) electrons. The minimum absolute atomic E-state index is 0.334. The maximum atomic E-state index is 10.9. The molecule has 0 aliphatic rings. The molecule has 94 valence electrons. The second kappa shape index (κ2) is 5.23. The molecule has 0 spiro atoms. The van der Waals surface area contributed by atoms with Gasteiger partial charge in [-0.3, -0.25) is 0 Å². The Balaban J connectivity index is 2.20. The van der Waals surface area contributed by atoms with Crippen LogP contribution in [0.15, 0.2) is 35.7 Å². The first-order valence-electron chi connectivity index (χ1n) is 5.65. The van der Waals surface area contributed by atoms with Gasteiger partial charge in [0.2, 0.25) is 0 Å². The summed E-state index contributed by atoms with van der Waals surface area (Å²) in [5.41, 5.74) is 2.38. The van der Waals surface area contributed by atoms with Gasteiger partial charge in [-0.05, 0) is 42.1 Å². The molecule has 0 aliphatic heterocycles. The standard InChI is InChI=1S/C14H15NO2S/c1-10-8-11(14(16)17)5-6-13(10)15(2)9-12-4-3-7-18-12/h3-8H,9H2,1-2H3,(H,16,17). The summed E-state index contributed by atoms with van der Waals surface area (Å²) in [7, 11) is 2.02. The number of benzene rings is 1. The second-order valence-electron chi connectivity index (χ2n) is 4.24. The third kappa shape index (κ3) is 2.71. The molecule has 4 heteroatoms. The van der Waals surface area contributed by atoms with Crippen molar-refractivity contribution in [3.63, 3.8) is 0 Å². The number of aromatic carboxylic acids is 1. The van der Waals surface area contributed by atoms with Crippen LogP contribution in [-0.2, 0) is 6.54 Å². The fourth-order valence-corrected chi connectivity index (χ4v) is 2.70. The van der Waals surface area contributed by atoms with Crippen LogP contribution in [0.1, 0.15) is 20.8 Å². The van der Waals surface area contributed by atoms with Crippen LogP contribution < -0.4 is 4.90 Å². The Hall–Kier alpha value is -1.81. The Kier molecular flexibility index (Phi) is 3.67. The van der Waals surface area contributed by atoms with Crippen molar-refractivity contribution < 1.29 is 9.90 Å². The summed E-state index contributed by atoms with van der Waals surface area (Å²) in [6, 6.07) is 9.36. The van der Waals surface area contributed by atoms with E-state index in [4.69, 9.17) is 5.11 Å². The third-order valence-electron chi connectivity index (χ3n) is 2.83. The number of rotatable bonds is 4. The van der Waals surface area contributed by atoms with Crippen molar-refractivity contribution in [3.8, 4) is 0 Å². The van der Waals surface area contributed by atoms with Gasteiger partial charge in [-0.25, -0.2) is 4.79 Å². The maximum Gasteiger partial charge on any atom is 0.335 e. The van der Waals surface area contributed by atoms with Gasteiger partial charge in [-0.15, -0.1) is 11.3 Å². The molecule has 2 aromatic rings. The van der Waals surface area contributed by atoms with E-state index in [-0.39, 0.29) is 0 Å². The zero-order valence-corrected chi connectivity index (χ0v) is 11.2. The molecule has 0 bridgehead atoms. The Labute approximate surface area is 110 Å². The van der Waals surface area contributed by atoms with Crippen LogP contribution in [0.3, 0.4) is 0 Å². The average Bonchev–Trinajstić information content (AvgIpc) is 2.81. The largest absolute Gasteiger partial charge is 0.478 e. The Morgan fingerprint density at radius 3 is 2.72 bits per heavy atom. The number of hydrogen-bond donors (Lipinski definition) is 1. The van der Waals surface area contributed by atoms with E-state index >= 15 is 0 Å². The van der Waals surface area contributed by atoms with Crippen LogP contribution in [0.2, 0.25) is 0 Å². The highest BCUT2D eigenvalue weighted by Crippen LogP contribution is 2.23. The number of nitrogens with zero attached hydrogens (tertiary/aromatic N) is 1. The minimum atomic E-state index is -0.884. The first-order chi connectivity index (χ1) is 8.58. The normalized spacial score (nSPS) is 10.3. The van der Waals surface area contributed by atoms with E-state index in [1.807, 2.05) is 26.1 Å². The Morgan fingerprint density at radius 2 is 2.17 bits per heavy atom. The zero-order valence-electron chi connectivity index (χ0n) is 10.4. The van der Waals surface area contributed by atoms with E-state index in [2.05, 4.69) is 16.3 Å². The van der Waals surface area contributed by atoms with Gasteiger partial charge >= 0.3 is 5.97 Å². The van der Waals surface area contributed by atoms with Crippen LogP contribution in [-0.4, -0.2) is 18.1 Å². The molecule has 1 aromatic heterocycles. The summed E-state index contributed by atoms with van der Waals surface area (Å²) in [5.74, 6) is -0.884. The highest BCUT2D eigenvalue weighted by Gasteiger charge is 2.09. The summed E-state index contributed by atoms with van der Waals surface area (Å²) >= 11 is 1.72. The van der Waals surface area contributed by atoms with Gasteiger partial charge in [-0.2, -0.15) is 0 Å².